The molecule has 0 saturated carbocycles. The van der Waals surface area contributed by atoms with E-state index >= 15 is 0 Å². The van der Waals surface area contributed by atoms with Crippen molar-refractivity contribution >= 4 is 28.2 Å². The van der Waals surface area contributed by atoms with Gasteiger partial charge in [0.2, 0.25) is 0 Å². The monoisotopic (exact) mass is 421 g/mol. The Morgan fingerprint density at radius 2 is 2.27 bits per heavy atom. The topological polar surface area (TPSA) is 92.9 Å². The summed E-state index contributed by atoms with van der Waals surface area (Å²) >= 11 is 1.54. The highest BCUT2D eigenvalue weighted by Gasteiger charge is 2.11. The first kappa shape index (κ1) is 20.3. The van der Waals surface area contributed by atoms with Crippen LogP contribution in [-0.2, 0) is 11.3 Å². The highest BCUT2D eigenvalue weighted by atomic mass is 32.2. The fourth-order valence-electron chi connectivity index (χ4n) is 3.21. The SMILES string of the molecule is N=C(/C=C\NC1CCCCO1)Cn1ncc2cc(Sc3ccccn3)ccc2c1=O. The van der Waals surface area contributed by atoms with E-state index in [2.05, 4.69) is 15.4 Å². The molecule has 4 rings (SSSR count). The number of rotatable bonds is 7. The lowest BCUT2D eigenvalue weighted by atomic mass is 10.2. The zero-order valence-corrected chi connectivity index (χ0v) is 17.3. The number of nitrogens with one attached hydrogen (secondary N) is 2. The van der Waals surface area contributed by atoms with Gasteiger partial charge in [0.25, 0.3) is 5.56 Å². The summed E-state index contributed by atoms with van der Waals surface area (Å²) in [6, 6.07) is 11.4. The Kier molecular flexibility index (Phi) is 6.56. The number of pyridine rings is 1. The molecular formula is C22H23N5O2S. The molecule has 1 atom stereocenters. The van der Waals surface area contributed by atoms with Gasteiger partial charge in [0, 0.05) is 29.3 Å². The Balaban J connectivity index is 1.43. The Hall–Kier alpha value is -2.97. The molecule has 1 aliphatic heterocycles. The maximum Gasteiger partial charge on any atom is 0.274 e. The second kappa shape index (κ2) is 9.69. The van der Waals surface area contributed by atoms with Gasteiger partial charge in [-0.2, -0.15) is 5.10 Å². The summed E-state index contributed by atoms with van der Waals surface area (Å²) in [6.07, 6.45) is 9.98. The first-order valence-corrected chi connectivity index (χ1v) is 10.7. The van der Waals surface area contributed by atoms with Crippen LogP contribution in [0.15, 0.2) is 75.8 Å². The van der Waals surface area contributed by atoms with E-state index in [9.17, 15) is 4.79 Å². The minimum absolute atomic E-state index is 0.00229. The average molecular weight is 422 g/mol. The van der Waals surface area contributed by atoms with Crippen LogP contribution in [-0.4, -0.2) is 33.3 Å². The highest BCUT2D eigenvalue weighted by Crippen LogP contribution is 2.27. The molecule has 0 amide bonds. The lowest BCUT2D eigenvalue weighted by Crippen LogP contribution is -2.31. The Morgan fingerprint density at radius 3 is 3.07 bits per heavy atom. The minimum atomic E-state index is -0.205. The van der Waals surface area contributed by atoms with Gasteiger partial charge < -0.3 is 15.5 Å². The summed E-state index contributed by atoms with van der Waals surface area (Å²) in [5.74, 6) is 0. The van der Waals surface area contributed by atoms with Crippen LogP contribution in [0.2, 0.25) is 0 Å². The predicted molar refractivity (Wildman–Crippen MR) is 118 cm³/mol. The van der Waals surface area contributed by atoms with Crippen LogP contribution < -0.4 is 10.9 Å². The van der Waals surface area contributed by atoms with Crippen molar-refractivity contribution in [1.29, 1.82) is 5.41 Å². The third-order valence-corrected chi connectivity index (χ3v) is 5.69. The van der Waals surface area contributed by atoms with Crippen molar-refractivity contribution in [3.63, 3.8) is 0 Å². The molecule has 0 aliphatic carbocycles. The first-order valence-electron chi connectivity index (χ1n) is 9.89. The first-order chi connectivity index (χ1) is 14.7. The maximum absolute atomic E-state index is 12.8. The molecule has 1 fully saturated rings. The van der Waals surface area contributed by atoms with Crippen LogP contribution in [0.5, 0.6) is 0 Å². The molecule has 1 saturated heterocycles. The van der Waals surface area contributed by atoms with Gasteiger partial charge in [-0.05, 0) is 55.7 Å². The summed E-state index contributed by atoms with van der Waals surface area (Å²) in [5.41, 5.74) is 0.0817. The molecule has 8 heteroatoms. The molecule has 7 nitrogen and oxygen atoms in total. The van der Waals surface area contributed by atoms with E-state index in [-0.39, 0.29) is 24.0 Å². The molecule has 154 valence electrons. The molecular weight excluding hydrogens is 398 g/mol. The van der Waals surface area contributed by atoms with Crippen molar-refractivity contribution in [3.05, 3.63) is 71.4 Å². The van der Waals surface area contributed by atoms with Gasteiger partial charge in [-0.1, -0.05) is 17.8 Å². The molecule has 0 spiro atoms. The third kappa shape index (κ3) is 5.14. The van der Waals surface area contributed by atoms with Crippen molar-refractivity contribution in [2.24, 2.45) is 0 Å². The van der Waals surface area contributed by atoms with E-state index in [1.54, 1.807) is 24.7 Å². The van der Waals surface area contributed by atoms with Crippen molar-refractivity contribution in [2.45, 2.75) is 42.0 Å². The molecule has 0 radical (unpaired) electrons. The summed E-state index contributed by atoms with van der Waals surface area (Å²) in [4.78, 5) is 18.1. The summed E-state index contributed by atoms with van der Waals surface area (Å²) in [7, 11) is 0. The van der Waals surface area contributed by atoms with Gasteiger partial charge in [-0.15, -0.1) is 0 Å². The fourth-order valence-corrected chi connectivity index (χ4v) is 4.04. The standard InChI is InChI=1S/C22H23N5O2S/c23-17(9-11-24-20-5-2-4-12-29-20)15-27-22(28)19-8-7-18(13-16(19)14-26-27)30-21-6-1-3-10-25-21/h1,3,6-11,13-14,20,23-24H,2,4-5,12,15H2/b11-9-,23-17?. The molecule has 2 aromatic heterocycles. The zero-order chi connectivity index (χ0) is 20.8. The smallest absolute Gasteiger partial charge is 0.274 e. The second-order valence-corrected chi connectivity index (χ2v) is 8.10. The maximum atomic E-state index is 12.8. The van der Waals surface area contributed by atoms with Gasteiger partial charge in [0.1, 0.15) is 11.3 Å². The Morgan fingerprint density at radius 1 is 1.33 bits per heavy atom. The number of fused-ring (bicyclic) bond motifs is 1. The van der Waals surface area contributed by atoms with Crippen molar-refractivity contribution in [1.82, 2.24) is 20.1 Å². The van der Waals surface area contributed by atoms with E-state index in [1.807, 2.05) is 36.4 Å². The second-order valence-electron chi connectivity index (χ2n) is 7.01. The quantitative estimate of drug-likeness (QED) is 0.567. The lowest BCUT2D eigenvalue weighted by Gasteiger charge is -2.22. The van der Waals surface area contributed by atoms with Gasteiger partial charge in [-0.3, -0.25) is 4.79 Å². The van der Waals surface area contributed by atoms with Crippen LogP contribution in [0.3, 0.4) is 0 Å². The molecule has 1 aliphatic rings. The number of nitrogens with zero attached hydrogens (tertiary/aromatic N) is 3. The van der Waals surface area contributed by atoms with Crippen molar-refractivity contribution in [2.75, 3.05) is 6.61 Å². The Labute approximate surface area is 178 Å². The largest absolute Gasteiger partial charge is 0.366 e. The predicted octanol–water partition coefficient (Wildman–Crippen LogP) is 3.59. The molecule has 2 N–H and O–H groups in total. The molecule has 1 aromatic carbocycles. The van der Waals surface area contributed by atoms with E-state index in [4.69, 9.17) is 10.1 Å². The van der Waals surface area contributed by atoms with Gasteiger partial charge in [0.05, 0.1) is 23.8 Å². The number of hydrogen-bond donors (Lipinski definition) is 2. The van der Waals surface area contributed by atoms with Crippen LogP contribution in [0.1, 0.15) is 19.3 Å². The van der Waals surface area contributed by atoms with Crippen molar-refractivity contribution < 1.29 is 4.74 Å². The van der Waals surface area contributed by atoms with E-state index in [0.29, 0.717) is 5.39 Å². The molecule has 3 heterocycles. The van der Waals surface area contributed by atoms with Crippen LogP contribution in [0.25, 0.3) is 10.8 Å². The van der Waals surface area contributed by atoms with Gasteiger partial charge in [-0.25, -0.2) is 9.67 Å². The molecule has 30 heavy (non-hydrogen) atoms. The van der Waals surface area contributed by atoms with E-state index < -0.39 is 0 Å². The molecule has 0 bridgehead atoms. The fraction of sp³-hybridized carbons (Fsp3) is 0.273. The summed E-state index contributed by atoms with van der Waals surface area (Å²) in [6.45, 7) is 0.879. The normalized spacial score (nSPS) is 16.7. The lowest BCUT2D eigenvalue weighted by molar-refractivity contribution is 0.00339. The van der Waals surface area contributed by atoms with E-state index in [0.717, 1.165) is 41.2 Å². The summed E-state index contributed by atoms with van der Waals surface area (Å²) in [5, 5.41) is 17.8. The zero-order valence-electron chi connectivity index (χ0n) is 16.5. The van der Waals surface area contributed by atoms with Gasteiger partial charge in [0.15, 0.2) is 0 Å². The summed E-state index contributed by atoms with van der Waals surface area (Å²) < 4.78 is 6.90. The molecule has 1 unspecified atom stereocenters. The number of ether oxygens (including phenoxy) is 1. The number of benzene rings is 1. The van der Waals surface area contributed by atoms with Gasteiger partial charge >= 0.3 is 0 Å². The number of hydrogen-bond acceptors (Lipinski definition) is 7. The van der Waals surface area contributed by atoms with Crippen LogP contribution >= 0.6 is 11.8 Å². The minimum Gasteiger partial charge on any atom is -0.366 e. The van der Waals surface area contributed by atoms with Crippen LogP contribution in [0.4, 0.5) is 0 Å². The Bertz CT molecular complexity index is 1110. The van der Waals surface area contributed by atoms with Crippen LogP contribution in [0, 0.1) is 5.41 Å². The number of aromatic nitrogens is 3. The third-order valence-electron chi connectivity index (χ3n) is 4.75. The molecule has 3 aromatic rings. The number of allylic oxidation sites excluding steroid dienone is 1. The van der Waals surface area contributed by atoms with E-state index in [1.165, 1.54) is 16.4 Å². The highest BCUT2D eigenvalue weighted by molar-refractivity contribution is 7.99. The average Bonchev–Trinajstić information content (AvgIpc) is 2.77. The van der Waals surface area contributed by atoms with Crippen molar-refractivity contribution in [3.8, 4) is 0 Å².